The van der Waals surface area contributed by atoms with Crippen LogP contribution in [-0.2, 0) is 14.3 Å². The Balaban J connectivity index is 2.23. The predicted molar refractivity (Wildman–Crippen MR) is 330 cm³/mol. The maximum absolute atomic E-state index is 13.2. The molecule has 9 atom stereocenters. The minimum atomic E-state index is -1.67. The van der Waals surface area contributed by atoms with Crippen LogP contribution >= 0.6 is 0 Å². The highest BCUT2D eigenvalue weighted by atomic mass is 16.7. The molecule has 79 heavy (non-hydrogen) atoms. The van der Waals surface area contributed by atoms with Gasteiger partial charge in [-0.15, -0.1) is 0 Å². The van der Waals surface area contributed by atoms with Gasteiger partial charge in [-0.3, -0.25) is 4.79 Å². The van der Waals surface area contributed by atoms with Gasteiger partial charge in [0, 0.05) is 0 Å². The van der Waals surface area contributed by atoms with E-state index in [1.165, 1.54) is 250 Å². The van der Waals surface area contributed by atoms with Crippen LogP contribution in [-0.4, -0.2) is 110 Å². The summed E-state index contributed by atoms with van der Waals surface area (Å²) >= 11 is 0. The molecular weight excluding hydrogens is 991 g/mol. The van der Waals surface area contributed by atoms with Crippen LogP contribution in [0.3, 0.4) is 0 Å². The predicted octanol–water partition coefficient (Wildman–Crippen LogP) is 16.0. The zero-order chi connectivity index (χ0) is 57.5. The van der Waals surface area contributed by atoms with Crippen molar-refractivity contribution in [3.63, 3.8) is 0 Å². The second kappa shape index (κ2) is 57.0. The number of hydrogen-bond donors (Lipinski definition) is 8. The molecule has 8 N–H and O–H groups in total. The summed E-state index contributed by atoms with van der Waals surface area (Å²) in [6, 6.07) is -1.19. The van der Waals surface area contributed by atoms with E-state index in [9.17, 15) is 40.5 Å². The average molecular weight is 1120 g/mol. The summed E-state index contributed by atoms with van der Waals surface area (Å²) in [5.74, 6) is -0.703. The molecule has 11 heteroatoms. The lowest BCUT2D eigenvalue weighted by atomic mass is 9.98. The summed E-state index contributed by atoms with van der Waals surface area (Å²) in [6.45, 7) is 3.49. The number of nitrogens with one attached hydrogen (secondary N) is 1. The first-order valence-electron chi connectivity index (χ1n) is 34.2. The fourth-order valence-electron chi connectivity index (χ4n) is 11.2. The van der Waals surface area contributed by atoms with Gasteiger partial charge in [-0.2, -0.15) is 0 Å². The first-order chi connectivity index (χ1) is 38.7. The van der Waals surface area contributed by atoms with Gasteiger partial charge in [-0.25, -0.2) is 0 Å². The molecule has 1 aliphatic rings. The number of aliphatic hydroxyl groups excluding tert-OH is 7. The molecule has 1 heterocycles. The van der Waals surface area contributed by atoms with Gasteiger partial charge in [0.05, 0.1) is 25.4 Å². The normalized spacial score (nSPS) is 19.4. The van der Waals surface area contributed by atoms with E-state index in [0.717, 1.165) is 38.5 Å². The number of ether oxygens (including phenoxy) is 2. The van der Waals surface area contributed by atoms with Gasteiger partial charge in [-0.1, -0.05) is 308 Å². The zero-order valence-corrected chi connectivity index (χ0v) is 51.6. The van der Waals surface area contributed by atoms with E-state index in [4.69, 9.17) is 9.47 Å². The molecule has 468 valence electrons. The van der Waals surface area contributed by atoms with E-state index >= 15 is 0 Å². The Hall–Kier alpha value is -1.41. The van der Waals surface area contributed by atoms with Crippen LogP contribution in [0.5, 0.6) is 0 Å². The summed E-state index contributed by atoms with van der Waals surface area (Å²) in [5, 5.41) is 76.4. The Morgan fingerprint density at radius 2 is 0.759 bits per heavy atom. The van der Waals surface area contributed by atoms with E-state index in [1.807, 2.05) is 0 Å². The van der Waals surface area contributed by atoms with Crippen molar-refractivity contribution < 1.29 is 50.0 Å². The third kappa shape index (κ3) is 44.7. The van der Waals surface area contributed by atoms with Crippen molar-refractivity contribution in [3.8, 4) is 0 Å². The van der Waals surface area contributed by atoms with Gasteiger partial charge in [0.15, 0.2) is 6.29 Å². The molecule has 0 aromatic heterocycles. The molecule has 0 radical (unpaired) electrons. The molecule has 1 fully saturated rings. The fourth-order valence-corrected chi connectivity index (χ4v) is 11.2. The van der Waals surface area contributed by atoms with E-state index in [1.54, 1.807) is 0 Å². The third-order valence-electron chi connectivity index (χ3n) is 16.7. The maximum atomic E-state index is 13.2. The Morgan fingerprint density at radius 3 is 1.13 bits per heavy atom. The highest BCUT2D eigenvalue weighted by Crippen LogP contribution is 2.24. The van der Waals surface area contributed by atoms with Gasteiger partial charge in [0.25, 0.3) is 0 Å². The first kappa shape index (κ1) is 75.6. The van der Waals surface area contributed by atoms with E-state index < -0.39 is 74.2 Å². The van der Waals surface area contributed by atoms with Crippen LogP contribution in [0, 0.1) is 0 Å². The number of aliphatic hydroxyl groups is 7. The number of rotatable bonds is 60. The largest absolute Gasteiger partial charge is 0.394 e. The lowest BCUT2D eigenvalue weighted by molar-refractivity contribution is -0.303. The number of unbranched alkanes of at least 4 members (excludes halogenated alkanes) is 44. The van der Waals surface area contributed by atoms with Crippen molar-refractivity contribution in [2.45, 2.75) is 390 Å². The summed E-state index contributed by atoms with van der Waals surface area (Å²) in [6.07, 6.45) is 59.8. The van der Waals surface area contributed by atoms with Crippen molar-refractivity contribution >= 4 is 5.91 Å². The molecule has 0 aromatic carbocycles. The van der Waals surface area contributed by atoms with Crippen molar-refractivity contribution in [3.05, 3.63) is 24.3 Å². The number of amides is 1. The lowest BCUT2D eigenvalue weighted by Gasteiger charge is -2.40. The van der Waals surface area contributed by atoms with Crippen LogP contribution < -0.4 is 5.32 Å². The van der Waals surface area contributed by atoms with Crippen LogP contribution in [0.1, 0.15) is 335 Å². The quantitative estimate of drug-likeness (QED) is 0.0215. The molecule has 0 saturated carbocycles. The molecule has 1 rings (SSSR count). The minimum Gasteiger partial charge on any atom is -0.394 e. The lowest BCUT2D eigenvalue weighted by Crippen LogP contribution is -2.60. The second-order valence-electron chi connectivity index (χ2n) is 24.2. The molecular formula is C68H131NO10. The van der Waals surface area contributed by atoms with Crippen LogP contribution in [0.2, 0.25) is 0 Å². The summed E-state index contributed by atoms with van der Waals surface area (Å²) < 4.78 is 11.2. The van der Waals surface area contributed by atoms with E-state index in [2.05, 4.69) is 43.5 Å². The molecule has 11 nitrogen and oxygen atoms in total. The number of hydrogen-bond acceptors (Lipinski definition) is 10. The van der Waals surface area contributed by atoms with Crippen LogP contribution in [0.15, 0.2) is 24.3 Å². The Kier molecular flexibility index (Phi) is 54.6. The number of carbonyl (C=O) groups is 1. The smallest absolute Gasteiger partial charge is 0.249 e. The van der Waals surface area contributed by atoms with Crippen molar-refractivity contribution in [1.29, 1.82) is 0 Å². The summed E-state index contributed by atoms with van der Waals surface area (Å²) in [7, 11) is 0. The zero-order valence-electron chi connectivity index (χ0n) is 51.6. The van der Waals surface area contributed by atoms with Crippen molar-refractivity contribution in [1.82, 2.24) is 5.32 Å². The second-order valence-corrected chi connectivity index (χ2v) is 24.2. The monoisotopic (exact) mass is 1120 g/mol. The third-order valence-corrected chi connectivity index (χ3v) is 16.7. The standard InChI is InChI=1S/C68H131NO10/c1-3-5-7-9-11-13-15-17-19-21-23-25-27-28-29-30-31-32-34-36-38-40-42-44-46-48-50-52-54-56-61(72)67(77)69-59(58-78-68-66(76)65(75)64(74)62(57-70)79-68)63(73)60(71)55-53-51-49-47-45-43-41-39-37-35-33-26-24-22-20-18-16-14-12-10-8-6-4-2/h39,41,47,49,59-66,68,70-76H,3-38,40,42-46,48,50-58H2,1-2H3,(H,69,77)/b41-39+,49-47+. The molecule has 0 spiro atoms. The molecule has 1 aliphatic heterocycles. The van der Waals surface area contributed by atoms with E-state index in [-0.39, 0.29) is 12.8 Å². The fraction of sp³-hybridized carbons (Fsp3) is 0.926. The van der Waals surface area contributed by atoms with Crippen molar-refractivity contribution in [2.75, 3.05) is 13.2 Å². The summed E-state index contributed by atoms with van der Waals surface area (Å²) in [5.41, 5.74) is 0. The SMILES string of the molecule is CCCCCCCCCCCCCCCC/C=C/CC/C=C/CCCC(O)C(O)C(COC1OC(CO)C(O)C(O)C1O)NC(=O)C(O)CCCCCCCCCCCCCCCCCCCCCCCCCCCCCCC. The minimum absolute atomic E-state index is 0.249. The van der Waals surface area contributed by atoms with Crippen molar-refractivity contribution in [2.24, 2.45) is 0 Å². The first-order valence-corrected chi connectivity index (χ1v) is 34.2. The number of allylic oxidation sites excluding steroid dienone is 4. The van der Waals surface area contributed by atoms with Crippen LogP contribution in [0.25, 0.3) is 0 Å². The highest BCUT2D eigenvalue weighted by Gasteiger charge is 2.44. The molecule has 0 aliphatic carbocycles. The van der Waals surface area contributed by atoms with Gasteiger partial charge >= 0.3 is 0 Å². The van der Waals surface area contributed by atoms with Gasteiger partial charge in [-0.05, 0) is 51.4 Å². The highest BCUT2D eigenvalue weighted by molar-refractivity contribution is 5.80. The molecule has 0 aromatic rings. The van der Waals surface area contributed by atoms with Gasteiger partial charge < -0.3 is 50.5 Å². The molecule has 0 bridgehead atoms. The summed E-state index contributed by atoms with van der Waals surface area (Å²) in [4.78, 5) is 13.2. The van der Waals surface area contributed by atoms with E-state index in [0.29, 0.717) is 19.3 Å². The Bertz CT molecular complexity index is 1330. The molecule has 1 amide bonds. The number of carbonyl (C=O) groups excluding carboxylic acids is 1. The molecule has 1 saturated heterocycles. The van der Waals surface area contributed by atoms with Crippen LogP contribution in [0.4, 0.5) is 0 Å². The Morgan fingerprint density at radius 1 is 0.430 bits per heavy atom. The maximum Gasteiger partial charge on any atom is 0.249 e. The Labute approximate surface area is 486 Å². The topological polar surface area (TPSA) is 189 Å². The van der Waals surface area contributed by atoms with Gasteiger partial charge in [0.2, 0.25) is 5.91 Å². The average Bonchev–Trinajstić information content (AvgIpc) is 3.46. The molecule has 9 unspecified atom stereocenters. The van der Waals surface area contributed by atoms with Gasteiger partial charge in [0.1, 0.15) is 36.6 Å².